The topological polar surface area (TPSA) is 63.8 Å². The molecule has 7 heteroatoms. The van der Waals surface area contributed by atoms with Crippen molar-refractivity contribution in [1.29, 1.82) is 0 Å². The fraction of sp³-hybridized carbons (Fsp3) is 0.143. The maximum Gasteiger partial charge on any atom is 0.277 e. The van der Waals surface area contributed by atoms with Gasteiger partial charge in [-0.1, -0.05) is 47.0 Å². The third-order valence-corrected chi connectivity index (χ3v) is 4.73. The molecule has 144 valence electrons. The molecular formula is C21H18Cl2N2O3. The van der Waals surface area contributed by atoms with E-state index in [9.17, 15) is 4.79 Å². The summed E-state index contributed by atoms with van der Waals surface area (Å²) in [4.78, 5) is 11.9. The quantitative estimate of drug-likeness (QED) is 0.432. The number of hydrazone groups is 1. The summed E-state index contributed by atoms with van der Waals surface area (Å²) >= 11 is 12.2. The van der Waals surface area contributed by atoms with E-state index in [1.807, 2.05) is 32.0 Å². The van der Waals surface area contributed by atoms with E-state index >= 15 is 0 Å². The van der Waals surface area contributed by atoms with Gasteiger partial charge in [0.15, 0.2) is 6.61 Å². The second-order valence-corrected chi connectivity index (χ2v) is 6.94. The van der Waals surface area contributed by atoms with Crippen molar-refractivity contribution in [2.75, 3.05) is 6.61 Å². The zero-order chi connectivity index (χ0) is 20.1. The first kappa shape index (κ1) is 20.0. The summed E-state index contributed by atoms with van der Waals surface area (Å²) in [5.41, 5.74) is 5.19. The van der Waals surface area contributed by atoms with Gasteiger partial charge in [-0.25, -0.2) is 5.43 Å². The third-order valence-electron chi connectivity index (χ3n) is 3.91. The van der Waals surface area contributed by atoms with Gasteiger partial charge in [0.2, 0.25) is 0 Å². The normalized spacial score (nSPS) is 11.0. The lowest BCUT2D eigenvalue weighted by Crippen LogP contribution is -2.24. The largest absolute Gasteiger partial charge is 0.483 e. The van der Waals surface area contributed by atoms with Gasteiger partial charge in [0.05, 0.1) is 16.3 Å². The van der Waals surface area contributed by atoms with Crippen LogP contribution >= 0.6 is 23.2 Å². The van der Waals surface area contributed by atoms with Gasteiger partial charge in [-0.15, -0.1) is 0 Å². The molecule has 0 radical (unpaired) electrons. The second-order valence-electron chi connectivity index (χ2n) is 6.15. The molecule has 0 unspecified atom stereocenters. The van der Waals surface area contributed by atoms with E-state index in [1.165, 1.54) is 6.21 Å². The molecule has 2 aromatic carbocycles. The number of carbonyl (C=O) groups is 1. The molecule has 0 atom stereocenters. The second kappa shape index (κ2) is 8.95. The number of amides is 1. The molecule has 0 fully saturated rings. The van der Waals surface area contributed by atoms with Gasteiger partial charge in [-0.3, -0.25) is 4.79 Å². The number of nitrogens with one attached hydrogen (secondary N) is 1. The molecule has 5 nitrogen and oxygen atoms in total. The predicted octanol–water partition coefficient (Wildman–Crippen LogP) is 5.40. The van der Waals surface area contributed by atoms with Crippen LogP contribution in [0.1, 0.15) is 16.9 Å². The Balaban J connectivity index is 1.55. The van der Waals surface area contributed by atoms with Crippen LogP contribution in [-0.2, 0) is 4.79 Å². The smallest absolute Gasteiger partial charge is 0.277 e. The van der Waals surface area contributed by atoms with Crippen molar-refractivity contribution in [1.82, 2.24) is 5.43 Å². The lowest BCUT2D eigenvalue weighted by molar-refractivity contribution is -0.123. The zero-order valence-corrected chi connectivity index (χ0v) is 16.8. The molecular weight excluding hydrogens is 399 g/mol. The minimum Gasteiger partial charge on any atom is -0.483 e. The predicted molar refractivity (Wildman–Crippen MR) is 111 cm³/mol. The van der Waals surface area contributed by atoms with Crippen molar-refractivity contribution in [3.63, 3.8) is 0 Å². The molecule has 0 aliphatic carbocycles. The van der Waals surface area contributed by atoms with Crippen LogP contribution in [0, 0.1) is 13.8 Å². The molecule has 1 amide bonds. The Morgan fingerprint density at radius 1 is 1.18 bits per heavy atom. The Bertz CT molecular complexity index is 1030. The number of hydrogen-bond donors (Lipinski definition) is 1. The molecule has 0 spiro atoms. The Morgan fingerprint density at radius 3 is 2.79 bits per heavy atom. The van der Waals surface area contributed by atoms with Gasteiger partial charge in [-0.2, -0.15) is 5.10 Å². The highest BCUT2D eigenvalue weighted by Gasteiger charge is 2.10. The summed E-state index contributed by atoms with van der Waals surface area (Å²) in [6, 6.07) is 14.5. The summed E-state index contributed by atoms with van der Waals surface area (Å²) in [6.07, 6.45) is 1.40. The molecule has 1 N–H and O–H groups in total. The van der Waals surface area contributed by atoms with E-state index in [4.69, 9.17) is 32.4 Å². The van der Waals surface area contributed by atoms with Crippen LogP contribution in [0.25, 0.3) is 11.3 Å². The molecule has 0 saturated heterocycles. The third kappa shape index (κ3) is 4.94. The average molecular weight is 417 g/mol. The fourth-order valence-corrected chi connectivity index (χ4v) is 2.96. The van der Waals surface area contributed by atoms with Crippen molar-refractivity contribution < 1.29 is 13.9 Å². The van der Waals surface area contributed by atoms with Crippen LogP contribution in [0.2, 0.25) is 10.0 Å². The van der Waals surface area contributed by atoms with E-state index in [0.29, 0.717) is 32.9 Å². The van der Waals surface area contributed by atoms with E-state index < -0.39 is 0 Å². The van der Waals surface area contributed by atoms with Crippen molar-refractivity contribution in [3.8, 4) is 17.1 Å². The number of nitrogens with zero attached hydrogens (tertiary/aromatic N) is 1. The van der Waals surface area contributed by atoms with Crippen LogP contribution in [0.4, 0.5) is 0 Å². The van der Waals surface area contributed by atoms with Crippen LogP contribution in [-0.4, -0.2) is 18.7 Å². The highest BCUT2D eigenvalue weighted by molar-refractivity contribution is 6.43. The summed E-state index contributed by atoms with van der Waals surface area (Å²) in [6.45, 7) is 3.79. The number of benzene rings is 2. The minimum absolute atomic E-state index is 0.136. The van der Waals surface area contributed by atoms with E-state index in [-0.39, 0.29) is 12.5 Å². The number of halogens is 2. The summed E-state index contributed by atoms with van der Waals surface area (Å²) in [5, 5.41) is 4.74. The van der Waals surface area contributed by atoms with Gasteiger partial charge in [0.1, 0.15) is 17.3 Å². The first-order valence-electron chi connectivity index (χ1n) is 8.50. The Kier molecular flexibility index (Phi) is 6.39. The van der Waals surface area contributed by atoms with E-state index in [0.717, 1.165) is 11.1 Å². The Hall–Kier alpha value is -2.76. The first-order valence-corrected chi connectivity index (χ1v) is 9.26. The molecule has 0 bridgehead atoms. The maximum atomic E-state index is 11.9. The number of rotatable bonds is 6. The van der Waals surface area contributed by atoms with Crippen molar-refractivity contribution in [2.24, 2.45) is 5.10 Å². The SMILES string of the molecule is Cc1ccc(OCC(=O)N/N=C/c2ccc(-c3cccc(Cl)c3Cl)o2)c(C)c1. The lowest BCUT2D eigenvalue weighted by Gasteiger charge is -2.08. The average Bonchev–Trinajstić information content (AvgIpc) is 3.12. The number of ether oxygens (including phenoxy) is 1. The monoisotopic (exact) mass is 416 g/mol. The van der Waals surface area contributed by atoms with Gasteiger partial charge < -0.3 is 9.15 Å². The number of hydrogen-bond acceptors (Lipinski definition) is 4. The zero-order valence-electron chi connectivity index (χ0n) is 15.3. The Labute approximate surface area is 172 Å². The maximum absolute atomic E-state index is 11.9. The van der Waals surface area contributed by atoms with Crippen molar-refractivity contribution in [3.05, 3.63) is 75.5 Å². The van der Waals surface area contributed by atoms with Gasteiger partial charge in [0, 0.05) is 5.56 Å². The molecule has 0 aliphatic heterocycles. The minimum atomic E-state index is -0.374. The molecule has 3 rings (SSSR count). The van der Waals surface area contributed by atoms with Gasteiger partial charge in [-0.05, 0) is 49.7 Å². The van der Waals surface area contributed by atoms with Gasteiger partial charge >= 0.3 is 0 Å². The highest BCUT2D eigenvalue weighted by Crippen LogP contribution is 2.34. The number of furan rings is 1. The molecule has 1 heterocycles. The van der Waals surface area contributed by atoms with E-state index in [1.54, 1.807) is 30.3 Å². The molecule has 3 aromatic rings. The molecule has 1 aromatic heterocycles. The summed E-state index contributed by atoms with van der Waals surface area (Å²) in [5.74, 6) is 1.31. The summed E-state index contributed by atoms with van der Waals surface area (Å²) < 4.78 is 11.2. The summed E-state index contributed by atoms with van der Waals surface area (Å²) in [7, 11) is 0. The van der Waals surface area contributed by atoms with Crippen molar-refractivity contribution >= 4 is 35.3 Å². The lowest BCUT2D eigenvalue weighted by atomic mass is 10.1. The van der Waals surface area contributed by atoms with Crippen LogP contribution in [0.5, 0.6) is 5.75 Å². The van der Waals surface area contributed by atoms with E-state index in [2.05, 4.69) is 10.5 Å². The highest BCUT2D eigenvalue weighted by atomic mass is 35.5. The van der Waals surface area contributed by atoms with Gasteiger partial charge in [0.25, 0.3) is 5.91 Å². The number of carbonyl (C=O) groups excluding carboxylic acids is 1. The Morgan fingerprint density at radius 2 is 2.00 bits per heavy atom. The fourth-order valence-electron chi connectivity index (χ4n) is 2.57. The first-order chi connectivity index (χ1) is 13.4. The molecule has 0 aliphatic rings. The van der Waals surface area contributed by atoms with Crippen molar-refractivity contribution in [2.45, 2.75) is 13.8 Å². The van der Waals surface area contributed by atoms with Crippen LogP contribution in [0.3, 0.4) is 0 Å². The van der Waals surface area contributed by atoms with Crippen LogP contribution in [0.15, 0.2) is 58.0 Å². The molecule has 28 heavy (non-hydrogen) atoms. The number of aryl methyl sites for hydroxylation is 2. The molecule has 0 saturated carbocycles. The van der Waals surface area contributed by atoms with Crippen LogP contribution < -0.4 is 10.2 Å². The standard InChI is InChI=1S/C21H18Cl2N2O3/c1-13-6-8-18(14(2)10-13)27-12-20(26)25-24-11-15-7-9-19(28-15)16-4-3-5-17(22)21(16)23/h3-11H,12H2,1-2H3,(H,25,26)/b24-11+.